The van der Waals surface area contributed by atoms with Gasteiger partial charge in [0.15, 0.2) is 5.65 Å². The molecule has 2 N–H and O–H groups in total. The Labute approximate surface area is 166 Å². The number of amides is 2. The molecule has 0 saturated carbocycles. The van der Waals surface area contributed by atoms with Gasteiger partial charge >= 0.3 is 6.03 Å². The molecule has 4 rings (SSSR count). The normalized spacial score (nSPS) is 10.8. The number of carbonyl (C=O) groups excluding carboxylic acids is 1. The first kappa shape index (κ1) is 18.0. The van der Waals surface area contributed by atoms with Crippen LogP contribution in [0.25, 0.3) is 5.65 Å². The minimum Gasteiger partial charge on any atom is -0.308 e. The predicted octanol–water partition coefficient (Wildman–Crippen LogP) is 4.54. The van der Waals surface area contributed by atoms with Crippen molar-refractivity contribution in [1.82, 2.24) is 19.8 Å². The summed E-state index contributed by atoms with van der Waals surface area (Å²) < 4.78 is 1.62. The van der Waals surface area contributed by atoms with Gasteiger partial charge in [-0.15, -0.1) is 10.2 Å². The van der Waals surface area contributed by atoms with Gasteiger partial charge in [-0.25, -0.2) is 4.79 Å². The van der Waals surface area contributed by atoms with Crippen LogP contribution in [0.2, 0.25) is 0 Å². The molecule has 2 amide bonds. The number of carbonyl (C=O) groups is 1. The molecule has 0 radical (unpaired) electrons. The largest absolute Gasteiger partial charge is 0.323 e. The first-order valence-electron chi connectivity index (χ1n) is 8.67. The second kappa shape index (κ2) is 7.69. The minimum absolute atomic E-state index is 0.291. The van der Waals surface area contributed by atoms with E-state index >= 15 is 0 Å². The van der Waals surface area contributed by atoms with E-state index in [-0.39, 0.29) is 6.03 Å². The Hall–Kier alpha value is -3.39. The summed E-state index contributed by atoms with van der Waals surface area (Å²) in [6.45, 7) is 4.00. The van der Waals surface area contributed by atoms with Crippen LogP contribution in [0.4, 0.5) is 16.2 Å². The first-order chi connectivity index (χ1) is 13.6. The third-order valence-corrected chi connectivity index (χ3v) is 4.97. The zero-order valence-electron chi connectivity index (χ0n) is 15.4. The lowest BCUT2D eigenvalue weighted by atomic mass is 10.1. The van der Waals surface area contributed by atoms with Crippen molar-refractivity contribution in [1.29, 1.82) is 0 Å². The third-order valence-electron chi connectivity index (χ3n) is 3.97. The van der Waals surface area contributed by atoms with Gasteiger partial charge in [0.05, 0.1) is 5.69 Å². The van der Waals surface area contributed by atoms with E-state index in [1.807, 2.05) is 62.4 Å². The molecule has 0 atom stereocenters. The molecule has 0 aliphatic carbocycles. The number of hydrogen-bond acceptors (Lipinski definition) is 5. The summed E-state index contributed by atoms with van der Waals surface area (Å²) >= 11 is 1.46. The average Bonchev–Trinajstić information content (AvgIpc) is 3.10. The van der Waals surface area contributed by atoms with E-state index in [2.05, 4.69) is 32.0 Å². The van der Waals surface area contributed by atoms with Crippen molar-refractivity contribution in [3.63, 3.8) is 0 Å². The maximum Gasteiger partial charge on any atom is 0.323 e. The molecule has 8 heteroatoms. The maximum atomic E-state index is 12.5. The summed E-state index contributed by atoms with van der Waals surface area (Å²) in [6.07, 6.45) is 1.56. The van der Waals surface area contributed by atoms with Crippen LogP contribution in [-0.2, 0) is 0 Å². The molecule has 2 heterocycles. The Bertz CT molecular complexity index is 1140. The highest BCUT2D eigenvalue weighted by Crippen LogP contribution is 2.32. The summed E-state index contributed by atoms with van der Waals surface area (Å²) in [4.78, 5) is 13.4. The topological polar surface area (TPSA) is 84.2 Å². The van der Waals surface area contributed by atoms with Crippen molar-refractivity contribution in [2.45, 2.75) is 23.8 Å². The number of hydrogen-bond donors (Lipinski definition) is 2. The van der Waals surface area contributed by atoms with Crippen LogP contribution in [-0.4, -0.2) is 25.8 Å². The van der Waals surface area contributed by atoms with Gasteiger partial charge in [0.1, 0.15) is 11.4 Å². The number of aryl methyl sites for hydroxylation is 2. The Balaban J connectivity index is 1.51. The lowest BCUT2D eigenvalue weighted by Crippen LogP contribution is -2.19. The van der Waals surface area contributed by atoms with Gasteiger partial charge in [-0.05, 0) is 61.4 Å². The third kappa shape index (κ3) is 4.12. The monoisotopic (exact) mass is 390 g/mol. The number of anilines is 2. The summed E-state index contributed by atoms with van der Waals surface area (Å²) in [5.74, 6) is 0. The van der Waals surface area contributed by atoms with E-state index in [9.17, 15) is 4.79 Å². The number of nitrogens with one attached hydrogen (secondary N) is 2. The van der Waals surface area contributed by atoms with Gasteiger partial charge in [-0.3, -0.25) is 0 Å². The van der Waals surface area contributed by atoms with E-state index in [1.54, 1.807) is 10.8 Å². The number of nitrogens with zero attached hydrogens (tertiary/aromatic N) is 4. The van der Waals surface area contributed by atoms with Crippen molar-refractivity contribution in [2.75, 3.05) is 10.6 Å². The zero-order chi connectivity index (χ0) is 19.5. The van der Waals surface area contributed by atoms with Crippen LogP contribution in [0, 0.1) is 13.8 Å². The van der Waals surface area contributed by atoms with E-state index in [0.717, 1.165) is 26.7 Å². The fourth-order valence-electron chi connectivity index (χ4n) is 2.87. The van der Waals surface area contributed by atoms with Crippen molar-refractivity contribution >= 4 is 34.8 Å². The SMILES string of the molecule is Cc1cc(C)cc(NC(=O)Nc2ccccc2Sc2ccc3nncn3n2)c1. The molecule has 28 heavy (non-hydrogen) atoms. The second-order valence-electron chi connectivity index (χ2n) is 6.36. The molecular weight excluding hydrogens is 372 g/mol. The highest BCUT2D eigenvalue weighted by atomic mass is 32.2. The van der Waals surface area contributed by atoms with E-state index in [1.165, 1.54) is 11.8 Å². The van der Waals surface area contributed by atoms with Crippen LogP contribution in [0.1, 0.15) is 11.1 Å². The molecule has 0 aliphatic rings. The summed E-state index contributed by atoms with van der Waals surface area (Å²) in [5.41, 5.74) is 4.35. The Morgan fingerprint density at radius 2 is 1.79 bits per heavy atom. The molecule has 0 bridgehead atoms. The molecule has 2 aromatic heterocycles. The Morgan fingerprint density at radius 1 is 1.00 bits per heavy atom. The lowest BCUT2D eigenvalue weighted by Gasteiger charge is -2.12. The number of urea groups is 1. The average molecular weight is 390 g/mol. The molecule has 0 saturated heterocycles. The van der Waals surface area contributed by atoms with Gasteiger partial charge < -0.3 is 10.6 Å². The second-order valence-corrected chi connectivity index (χ2v) is 7.42. The maximum absolute atomic E-state index is 12.5. The molecule has 7 nitrogen and oxygen atoms in total. The quantitative estimate of drug-likeness (QED) is 0.535. The molecule has 2 aromatic carbocycles. The van der Waals surface area contributed by atoms with Gasteiger partial charge in [0.2, 0.25) is 0 Å². The van der Waals surface area contributed by atoms with Crippen LogP contribution < -0.4 is 10.6 Å². The number of rotatable bonds is 4. The van der Waals surface area contributed by atoms with Crippen LogP contribution in [0.5, 0.6) is 0 Å². The van der Waals surface area contributed by atoms with Crippen molar-refractivity contribution in [2.24, 2.45) is 0 Å². The predicted molar refractivity (Wildman–Crippen MR) is 110 cm³/mol. The highest BCUT2D eigenvalue weighted by molar-refractivity contribution is 7.99. The van der Waals surface area contributed by atoms with Gasteiger partial charge in [-0.2, -0.15) is 9.61 Å². The fraction of sp³-hybridized carbons (Fsp3) is 0.100. The Kier molecular flexibility index (Phi) is 4.94. The number of fused-ring (bicyclic) bond motifs is 1. The van der Waals surface area contributed by atoms with E-state index in [0.29, 0.717) is 11.3 Å². The van der Waals surface area contributed by atoms with Gasteiger partial charge in [0, 0.05) is 10.6 Å². The smallest absolute Gasteiger partial charge is 0.308 e. The Morgan fingerprint density at radius 3 is 2.61 bits per heavy atom. The van der Waals surface area contributed by atoms with Crippen LogP contribution in [0.3, 0.4) is 0 Å². The lowest BCUT2D eigenvalue weighted by molar-refractivity contribution is 0.262. The summed E-state index contributed by atoms with van der Waals surface area (Å²) in [5, 5.41) is 18.8. The van der Waals surface area contributed by atoms with E-state index in [4.69, 9.17) is 0 Å². The number of para-hydroxylation sites is 1. The molecule has 0 unspecified atom stereocenters. The number of benzene rings is 2. The number of aromatic nitrogens is 4. The highest BCUT2D eigenvalue weighted by Gasteiger charge is 2.10. The molecule has 0 aliphatic heterocycles. The van der Waals surface area contributed by atoms with Crippen LogP contribution in [0.15, 0.2) is 70.8 Å². The van der Waals surface area contributed by atoms with Crippen LogP contribution >= 0.6 is 11.8 Å². The van der Waals surface area contributed by atoms with E-state index < -0.39 is 0 Å². The van der Waals surface area contributed by atoms with Gasteiger partial charge in [0.25, 0.3) is 0 Å². The molecule has 0 fully saturated rings. The molecular formula is C20H18N6OS. The molecule has 140 valence electrons. The molecule has 0 spiro atoms. The standard InChI is InChI=1S/C20H18N6OS/c1-13-9-14(2)11-15(10-13)22-20(27)23-16-5-3-4-6-17(16)28-19-8-7-18-24-21-12-26(18)25-19/h3-12H,1-2H3,(H2,22,23,27). The fourth-order valence-corrected chi connectivity index (χ4v) is 3.73. The zero-order valence-corrected chi connectivity index (χ0v) is 16.2. The molecule has 4 aromatic rings. The summed E-state index contributed by atoms with van der Waals surface area (Å²) in [6, 6.07) is 17.0. The summed E-state index contributed by atoms with van der Waals surface area (Å²) in [7, 11) is 0. The van der Waals surface area contributed by atoms with Crippen molar-refractivity contribution in [3.05, 3.63) is 72.1 Å². The van der Waals surface area contributed by atoms with Crippen molar-refractivity contribution in [3.8, 4) is 0 Å². The van der Waals surface area contributed by atoms with Gasteiger partial charge in [-0.1, -0.05) is 30.0 Å². The first-order valence-corrected chi connectivity index (χ1v) is 9.49. The van der Waals surface area contributed by atoms with Crippen molar-refractivity contribution < 1.29 is 4.79 Å². The minimum atomic E-state index is -0.291.